The topological polar surface area (TPSA) is 39.1 Å². The number of nitrogens with one attached hydrogen (secondary N) is 1. The molecule has 4 nitrogen and oxygen atoms in total. The van der Waals surface area contributed by atoms with Gasteiger partial charge in [-0.2, -0.15) is 0 Å². The van der Waals surface area contributed by atoms with Gasteiger partial charge in [-0.25, -0.2) is 4.98 Å². The number of imidazole rings is 1. The third-order valence-corrected chi connectivity index (χ3v) is 3.42. The van der Waals surface area contributed by atoms with E-state index in [0.717, 1.165) is 26.3 Å². The lowest BCUT2D eigenvalue weighted by molar-refractivity contribution is 0.178. The highest BCUT2D eigenvalue weighted by Gasteiger charge is 2.21. The maximum absolute atomic E-state index is 5.40. The van der Waals surface area contributed by atoms with Gasteiger partial charge in [-0.15, -0.1) is 0 Å². The Balaban J connectivity index is 1.82. The van der Waals surface area contributed by atoms with Crippen LogP contribution in [-0.2, 0) is 17.8 Å². The fourth-order valence-corrected chi connectivity index (χ4v) is 2.16. The van der Waals surface area contributed by atoms with Gasteiger partial charge in [-0.05, 0) is 26.2 Å². The molecule has 0 amide bonds. The van der Waals surface area contributed by atoms with Crippen molar-refractivity contribution in [3.05, 3.63) is 18.2 Å². The van der Waals surface area contributed by atoms with Crippen molar-refractivity contribution in [3.63, 3.8) is 0 Å². The molecule has 0 bridgehead atoms. The summed E-state index contributed by atoms with van der Waals surface area (Å²) < 4.78 is 7.57. The molecule has 1 aromatic rings. The standard InChI is InChI=1S/C12H21N3O/c1-3-15-9-13-6-12(15)7-14-10(2)11-4-5-16-8-11/h6,9-11,14H,3-5,7-8H2,1-2H3. The Morgan fingerprint density at radius 3 is 3.25 bits per heavy atom. The summed E-state index contributed by atoms with van der Waals surface area (Å²) in [6.45, 7) is 8.08. The minimum atomic E-state index is 0.516. The first kappa shape index (κ1) is 11.6. The lowest BCUT2D eigenvalue weighted by Gasteiger charge is -2.19. The molecular formula is C12H21N3O. The predicted molar refractivity (Wildman–Crippen MR) is 63.1 cm³/mol. The average Bonchev–Trinajstić information content (AvgIpc) is 2.96. The minimum absolute atomic E-state index is 0.516. The van der Waals surface area contributed by atoms with Crippen LogP contribution in [-0.4, -0.2) is 28.8 Å². The molecule has 1 aliphatic rings. The van der Waals surface area contributed by atoms with E-state index < -0.39 is 0 Å². The zero-order valence-electron chi connectivity index (χ0n) is 10.1. The Morgan fingerprint density at radius 2 is 2.56 bits per heavy atom. The SMILES string of the molecule is CCn1cncc1CNC(C)C1CCOC1. The number of hydrogen-bond donors (Lipinski definition) is 1. The first-order valence-corrected chi connectivity index (χ1v) is 6.11. The fourth-order valence-electron chi connectivity index (χ4n) is 2.16. The minimum Gasteiger partial charge on any atom is -0.381 e. The van der Waals surface area contributed by atoms with E-state index in [1.807, 2.05) is 12.5 Å². The summed E-state index contributed by atoms with van der Waals surface area (Å²) in [6.07, 6.45) is 5.01. The van der Waals surface area contributed by atoms with Gasteiger partial charge in [0.25, 0.3) is 0 Å². The number of ether oxygens (including phenoxy) is 1. The van der Waals surface area contributed by atoms with Crippen LogP contribution in [0.15, 0.2) is 12.5 Å². The second-order valence-corrected chi connectivity index (χ2v) is 4.46. The Hall–Kier alpha value is -0.870. The van der Waals surface area contributed by atoms with E-state index in [1.165, 1.54) is 12.1 Å². The van der Waals surface area contributed by atoms with Crippen molar-refractivity contribution in [3.8, 4) is 0 Å². The Morgan fingerprint density at radius 1 is 1.69 bits per heavy atom. The molecule has 1 saturated heterocycles. The zero-order valence-corrected chi connectivity index (χ0v) is 10.1. The number of rotatable bonds is 5. The van der Waals surface area contributed by atoms with Gasteiger partial charge in [0.1, 0.15) is 0 Å². The maximum atomic E-state index is 5.40. The van der Waals surface area contributed by atoms with Crippen molar-refractivity contribution in [2.45, 2.75) is 39.4 Å². The molecule has 2 unspecified atom stereocenters. The average molecular weight is 223 g/mol. The van der Waals surface area contributed by atoms with E-state index in [0.29, 0.717) is 12.0 Å². The van der Waals surface area contributed by atoms with Crippen LogP contribution in [0.3, 0.4) is 0 Å². The molecule has 0 radical (unpaired) electrons. The molecular weight excluding hydrogens is 202 g/mol. The zero-order chi connectivity index (χ0) is 11.4. The summed E-state index contributed by atoms with van der Waals surface area (Å²) in [5.74, 6) is 0.665. The first-order chi connectivity index (χ1) is 7.81. The van der Waals surface area contributed by atoms with E-state index in [-0.39, 0.29) is 0 Å². The van der Waals surface area contributed by atoms with Gasteiger partial charge in [0.05, 0.1) is 18.6 Å². The lowest BCUT2D eigenvalue weighted by Crippen LogP contribution is -2.33. The van der Waals surface area contributed by atoms with Gasteiger partial charge in [-0.1, -0.05) is 0 Å². The van der Waals surface area contributed by atoms with Crippen molar-refractivity contribution in [2.75, 3.05) is 13.2 Å². The quantitative estimate of drug-likeness (QED) is 0.820. The van der Waals surface area contributed by atoms with E-state index in [2.05, 4.69) is 28.7 Å². The third-order valence-electron chi connectivity index (χ3n) is 3.42. The number of hydrogen-bond acceptors (Lipinski definition) is 3. The summed E-state index contributed by atoms with van der Waals surface area (Å²) in [4.78, 5) is 4.17. The Kier molecular flexibility index (Phi) is 3.96. The molecule has 0 aromatic carbocycles. The van der Waals surface area contributed by atoms with Crippen LogP contribution in [0.4, 0.5) is 0 Å². The lowest BCUT2D eigenvalue weighted by atomic mass is 10.0. The van der Waals surface area contributed by atoms with Crippen LogP contribution in [0.25, 0.3) is 0 Å². The fraction of sp³-hybridized carbons (Fsp3) is 0.750. The molecule has 1 aromatic heterocycles. The Labute approximate surface area is 97.0 Å². The summed E-state index contributed by atoms with van der Waals surface area (Å²) in [5.41, 5.74) is 1.26. The largest absolute Gasteiger partial charge is 0.381 e. The van der Waals surface area contributed by atoms with Crippen molar-refractivity contribution in [2.24, 2.45) is 5.92 Å². The van der Waals surface area contributed by atoms with Gasteiger partial charge >= 0.3 is 0 Å². The van der Waals surface area contributed by atoms with E-state index in [4.69, 9.17) is 4.74 Å². The van der Waals surface area contributed by atoms with Crippen LogP contribution in [0.1, 0.15) is 26.0 Å². The van der Waals surface area contributed by atoms with E-state index in [9.17, 15) is 0 Å². The van der Waals surface area contributed by atoms with Crippen molar-refractivity contribution in [1.29, 1.82) is 0 Å². The highest BCUT2D eigenvalue weighted by Crippen LogP contribution is 2.16. The number of nitrogens with zero attached hydrogens (tertiary/aromatic N) is 2. The molecule has 0 saturated carbocycles. The molecule has 2 heterocycles. The molecule has 90 valence electrons. The molecule has 0 spiro atoms. The molecule has 16 heavy (non-hydrogen) atoms. The predicted octanol–water partition coefficient (Wildman–Crippen LogP) is 1.42. The Bertz CT molecular complexity index is 318. The van der Waals surface area contributed by atoms with Crippen LogP contribution < -0.4 is 5.32 Å². The third kappa shape index (κ3) is 2.62. The van der Waals surface area contributed by atoms with Crippen LogP contribution in [0.2, 0.25) is 0 Å². The molecule has 2 rings (SSSR count). The van der Waals surface area contributed by atoms with Crippen LogP contribution >= 0.6 is 0 Å². The second kappa shape index (κ2) is 5.46. The van der Waals surface area contributed by atoms with E-state index in [1.54, 1.807) is 0 Å². The van der Waals surface area contributed by atoms with Gasteiger partial charge in [-0.3, -0.25) is 0 Å². The molecule has 0 aliphatic carbocycles. The highest BCUT2D eigenvalue weighted by molar-refractivity contribution is 4.98. The second-order valence-electron chi connectivity index (χ2n) is 4.46. The summed E-state index contributed by atoms with van der Waals surface area (Å²) in [6, 6.07) is 0.516. The van der Waals surface area contributed by atoms with Gasteiger partial charge in [0, 0.05) is 31.9 Å². The summed E-state index contributed by atoms with van der Waals surface area (Å²) in [7, 11) is 0. The maximum Gasteiger partial charge on any atom is 0.0948 e. The normalized spacial score (nSPS) is 22.5. The first-order valence-electron chi connectivity index (χ1n) is 6.11. The van der Waals surface area contributed by atoms with Gasteiger partial charge in [0.15, 0.2) is 0 Å². The summed E-state index contributed by atoms with van der Waals surface area (Å²) in [5, 5.41) is 3.56. The smallest absolute Gasteiger partial charge is 0.0948 e. The number of aryl methyl sites for hydroxylation is 1. The van der Waals surface area contributed by atoms with Crippen molar-refractivity contribution < 1.29 is 4.74 Å². The van der Waals surface area contributed by atoms with Gasteiger partial charge < -0.3 is 14.6 Å². The molecule has 1 fully saturated rings. The van der Waals surface area contributed by atoms with E-state index >= 15 is 0 Å². The number of aromatic nitrogens is 2. The molecule has 4 heteroatoms. The van der Waals surface area contributed by atoms with Crippen LogP contribution in [0, 0.1) is 5.92 Å². The molecule has 1 aliphatic heterocycles. The molecule has 1 N–H and O–H groups in total. The monoisotopic (exact) mass is 223 g/mol. The molecule has 2 atom stereocenters. The van der Waals surface area contributed by atoms with Crippen molar-refractivity contribution in [1.82, 2.24) is 14.9 Å². The summed E-state index contributed by atoms with van der Waals surface area (Å²) >= 11 is 0. The van der Waals surface area contributed by atoms with Crippen molar-refractivity contribution >= 4 is 0 Å². The van der Waals surface area contributed by atoms with Gasteiger partial charge in [0.2, 0.25) is 0 Å². The van der Waals surface area contributed by atoms with Crippen LogP contribution in [0.5, 0.6) is 0 Å². The highest BCUT2D eigenvalue weighted by atomic mass is 16.5.